The quantitative estimate of drug-likeness (QED) is 0.153. The number of benzene rings is 1. The number of anilines is 1. The van der Waals surface area contributed by atoms with Gasteiger partial charge in [0.15, 0.2) is 5.96 Å². The fraction of sp³-hybridized carbons (Fsp3) is 0.300. The molecular formula is C20H26N6O5S. The van der Waals surface area contributed by atoms with E-state index in [0.29, 0.717) is 31.2 Å². The Kier molecular flexibility index (Phi) is 8.53. The Morgan fingerprint density at radius 2 is 1.94 bits per heavy atom. The molecule has 11 nitrogen and oxygen atoms in total. The number of pyridine rings is 1. The van der Waals surface area contributed by atoms with Gasteiger partial charge in [0.05, 0.1) is 10.9 Å². The second-order valence-electron chi connectivity index (χ2n) is 6.98. The van der Waals surface area contributed by atoms with E-state index in [1.807, 2.05) is 0 Å². The van der Waals surface area contributed by atoms with Crippen molar-refractivity contribution in [2.45, 2.75) is 37.2 Å². The molecule has 1 amide bonds. The van der Waals surface area contributed by atoms with Crippen LogP contribution in [0, 0.1) is 6.92 Å². The topological polar surface area (TPSA) is 179 Å². The summed E-state index contributed by atoms with van der Waals surface area (Å²) < 4.78 is 28.6. The standard InChI is InChI=1S/C20H26N6O5S/c1-14-6-2-3-9-17(14)32(30,31)25-16-8-5-11-26(19(16)29)12-18(28)24-15(13-27)7-4-10-23-20(21)22/h2-3,5-6,8-9,11,13,15,25H,4,7,10,12H2,1H3,(H,24,28)(H4,21,22,23). The molecule has 0 fully saturated rings. The van der Waals surface area contributed by atoms with E-state index in [1.54, 1.807) is 25.1 Å². The molecule has 32 heavy (non-hydrogen) atoms. The molecule has 2 aromatic rings. The maximum Gasteiger partial charge on any atom is 0.275 e. The van der Waals surface area contributed by atoms with E-state index in [-0.39, 0.29) is 16.5 Å². The summed E-state index contributed by atoms with van der Waals surface area (Å²) in [7, 11) is -3.99. The average Bonchev–Trinajstić information content (AvgIpc) is 2.73. The number of hydrogen-bond donors (Lipinski definition) is 4. The van der Waals surface area contributed by atoms with Crippen LogP contribution in [0.5, 0.6) is 0 Å². The van der Waals surface area contributed by atoms with Crippen molar-refractivity contribution in [3.05, 3.63) is 58.5 Å². The summed E-state index contributed by atoms with van der Waals surface area (Å²) in [4.78, 5) is 40.0. The van der Waals surface area contributed by atoms with Gasteiger partial charge in [0.25, 0.3) is 15.6 Å². The summed E-state index contributed by atoms with van der Waals surface area (Å²) in [5.41, 5.74) is 10.1. The molecule has 172 valence electrons. The van der Waals surface area contributed by atoms with E-state index in [0.717, 1.165) is 4.57 Å². The normalized spacial score (nSPS) is 11.9. The molecule has 0 saturated carbocycles. The van der Waals surface area contributed by atoms with Gasteiger partial charge < -0.3 is 26.1 Å². The maximum atomic E-state index is 12.7. The van der Waals surface area contributed by atoms with Crippen LogP contribution in [0.25, 0.3) is 0 Å². The predicted molar refractivity (Wildman–Crippen MR) is 121 cm³/mol. The summed E-state index contributed by atoms with van der Waals surface area (Å²) in [6.07, 6.45) is 2.72. The molecule has 1 aromatic carbocycles. The molecular weight excluding hydrogens is 436 g/mol. The number of amides is 1. The molecule has 0 aliphatic carbocycles. The summed E-state index contributed by atoms with van der Waals surface area (Å²) in [6, 6.07) is 8.34. The predicted octanol–water partition coefficient (Wildman–Crippen LogP) is -0.305. The lowest BCUT2D eigenvalue weighted by Crippen LogP contribution is -2.40. The fourth-order valence-electron chi connectivity index (χ4n) is 2.90. The van der Waals surface area contributed by atoms with Crippen LogP contribution in [0.2, 0.25) is 0 Å². The minimum Gasteiger partial charge on any atom is -0.370 e. The molecule has 6 N–H and O–H groups in total. The van der Waals surface area contributed by atoms with Gasteiger partial charge in [0, 0.05) is 12.7 Å². The van der Waals surface area contributed by atoms with Crippen LogP contribution in [0.1, 0.15) is 18.4 Å². The number of aliphatic imine (C=N–C) groups is 1. The van der Waals surface area contributed by atoms with E-state index in [9.17, 15) is 22.8 Å². The number of aromatic nitrogens is 1. The first-order chi connectivity index (χ1) is 15.1. The zero-order valence-corrected chi connectivity index (χ0v) is 18.3. The number of guanidine groups is 1. The minimum atomic E-state index is -3.99. The van der Waals surface area contributed by atoms with Crippen molar-refractivity contribution in [1.29, 1.82) is 0 Å². The third-order valence-corrected chi connectivity index (χ3v) is 5.97. The van der Waals surface area contributed by atoms with Crippen LogP contribution < -0.4 is 27.1 Å². The lowest BCUT2D eigenvalue weighted by atomic mass is 10.2. The highest BCUT2D eigenvalue weighted by Crippen LogP contribution is 2.17. The summed E-state index contributed by atoms with van der Waals surface area (Å²) in [5.74, 6) is -0.640. The number of rotatable bonds is 11. The van der Waals surface area contributed by atoms with E-state index in [1.165, 1.54) is 24.4 Å². The summed E-state index contributed by atoms with van der Waals surface area (Å²) in [5, 5.41) is 2.52. The molecule has 12 heteroatoms. The average molecular weight is 463 g/mol. The van der Waals surface area contributed by atoms with Gasteiger partial charge in [-0.2, -0.15) is 0 Å². The Hall–Kier alpha value is -3.67. The summed E-state index contributed by atoms with van der Waals surface area (Å²) in [6.45, 7) is 1.56. The molecule has 1 heterocycles. The van der Waals surface area contributed by atoms with Crippen LogP contribution in [-0.4, -0.2) is 43.7 Å². The monoisotopic (exact) mass is 462 g/mol. The number of sulfonamides is 1. The Morgan fingerprint density at radius 3 is 2.59 bits per heavy atom. The van der Waals surface area contributed by atoms with Gasteiger partial charge in [-0.1, -0.05) is 18.2 Å². The zero-order chi connectivity index (χ0) is 23.7. The van der Waals surface area contributed by atoms with Crippen molar-refractivity contribution in [1.82, 2.24) is 9.88 Å². The lowest BCUT2D eigenvalue weighted by molar-refractivity contribution is -0.124. The van der Waals surface area contributed by atoms with E-state index in [2.05, 4.69) is 15.0 Å². The number of carbonyl (C=O) groups is 2. The van der Waals surface area contributed by atoms with Crippen molar-refractivity contribution in [2.75, 3.05) is 11.3 Å². The molecule has 2 rings (SSSR count). The Labute approximate surface area is 185 Å². The van der Waals surface area contributed by atoms with Gasteiger partial charge >= 0.3 is 0 Å². The Bertz CT molecular complexity index is 1160. The first-order valence-corrected chi connectivity index (χ1v) is 11.2. The molecule has 1 atom stereocenters. The van der Waals surface area contributed by atoms with Gasteiger partial charge in [0.2, 0.25) is 5.91 Å². The second-order valence-corrected chi connectivity index (χ2v) is 8.64. The van der Waals surface area contributed by atoms with Crippen molar-refractivity contribution < 1.29 is 18.0 Å². The number of aldehydes is 1. The highest BCUT2D eigenvalue weighted by molar-refractivity contribution is 7.92. The first kappa shape index (κ1) is 24.6. The third kappa shape index (κ3) is 6.94. The molecule has 0 spiro atoms. The van der Waals surface area contributed by atoms with Crippen LogP contribution in [-0.2, 0) is 26.2 Å². The zero-order valence-electron chi connectivity index (χ0n) is 17.5. The lowest BCUT2D eigenvalue weighted by Gasteiger charge is -2.14. The molecule has 0 aliphatic rings. The highest BCUT2D eigenvalue weighted by Gasteiger charge is 2.19. The number of nitrogens with one attached hydrogen (secondary N) is 2. The second kappa shape index (κ2) is 11.1. The van der Waals surface area contributed by atoms with Crippen molar-refractivity contribution in [3.8, 4) is 0 Å². The van der Waals surface area contributed by atoms with Crippen molar-refractivity contribution >= 4 is 33.9 Å². The van der Waals surface area contributed by atoms with E-state index < -0.39 is 34.1 Å². The minimum absolute atomic E-state index is 0.0436. The van der Waals surface area contributed by atoms with Gasteiger partial charge in [0.1, 0.15) is 18.5 Å². The molecule has 0 radical (unpaired) electrons. The molecule has 0 aliphatic heterocycles. The maximum absolute atomic E-state index is 12.7. The Morgan fingerprint density at radius 1 is 1.22 bits per heavy atom. The van der Waals surface area contributed by atoms with E-state index >= 15 is 0 Å². The number of nitrogens with zero attached hydrogens (tertiary/aromatic N) is 2. The highest BCUT2D eigenvalue weighted by atomic mass is 32.2. The van der Waals surface area contributed by atoms with Crippen molar-refractivity contribution in [2.24, 2.45) is 16.5 Å². The van der Waals surface area contributed by atoms with Crippen LogP contribution in [0.15, 0.2) is 57.3 Å². The number of hydrogen-bond acceptors (Lipinski definition) is 6. The molecule has 0 saturated heterocycles. The third-order valence-electron chi connectivity index (χ3n) is 4.44. The fourth-order valence-corrected chi connectivity index (χ4v) is 4.20. The van der Waals surface area contributed by atoms with Crippen molar-refractivity contribution in [3.63, 3.8) is 0 Å². The van der Waals surface area contributed by atoms with Crippen LogP contribution in [0.4, 0.5) is 5.69 Å². The number of carbonyl (C=O) groups excluding carboxylic acids is 2. The first-order valence-electron chi connectivity index (χ1n) is 9.72. The van der Waals surface area contributed by atoms with Gasteiger partial charge in [-0.3, -0.25) is 19.3 Å². The number of aryl methyl sites for hydroxylation is 1. The van der Waals surface area contributed by atoms with Crippen LogP contribution in [0.3, 0.4) is 0 Å². The van der Waals surface area contributed by atoms with Gasteiger partial charge in [-0.25, -0.2) is 8.42 Å². The summed E-state index contributed by atoms with van der Waals surface area (Å²) >= 11 is 0. The smallest absolute Gasteiger partial charge is 0.275 e. The molecule has 0 bridgehead atoms. The van der Waals surface area contributed by atoms with Gasteiger partial charge in [-0.05, 0) is 43.5 Å². The molecule has 1 aromatic heterocycles. The largest absolute Gasteiger partial charge is 0.370 e. The van der Waals surface area contributed by atoms with E-state index in [4.69, 9.17) is 11.5 Å². The van der Waals surface area contributed by atoms with Crippen LogP contribution >= 0.6 is 0 Å². The SMILES string of the molecule is Cc1ccccc1S(=O)(=O)Nc1cccn(CC(=O)NC(C=O)CCCN=C(N)N)c1=O. The Balaban J connectivity index is 2.08. The number of nitrogens with two attached hydrogens (primary N) is 2. The molecule has 1 unspecified atom stereocenters. The van der Waals surface area contributed by atoms with Gasteiger partial charge in [-0.15, -0.1) is 0 Å².